The van der Waals surface area contributed by atoms with Crippen molar-refractivity contribution in [1.29, 1.82) is 5.26 Å². The van der Waals surface area contributed by atoms with Gasteiger partial charge >= 0.3 is 6.61 Å². The van der Waals surface area contributed by atoms with E-state index < -0.39 is 18.2 Å². The molecule has 0 atom stereocenters. The Bertz CT molecular complexity index is 389. The van der Waals surface area contributed by atoms with Crippen LogP contribution in [0.15, 0.2) is 12.1 Å². The largest absolute Gasteiger partial charge is 0.432 e. The Kier molecular flexibility index (Phi) is 3.20. The summed E-state index contributed by atoms with van der Waals surface area (Å²) in [4.78, 5) is 0. The third-order valence-electron chi connectivity index (χ3n) is 1.34. The van der Waals surface area contributed by atoms with Gasteiger partial charge in [0.15, 0.2) is 5.75 Å². The molecule has 14 heavy (non-hydrogen) atoms. The van der Waals surface area contributed by atoms with Crippen molar-refractivity contribution in [3.8, 4) is 11.8 Å². The number of benzene rings is 1. The van der Waals surface area contributed by atoms with Gasteiger partial charge in [0.2, 0.25) is 0 Å². The van der Waals surface area contributed by atoms with E-state index in [9.17, 15) is 13.2 Å². The van der Waals surface area contributed by atoms with Gasteiger partial charge in [-0.1, -0.05) is 11.6 Å². The van der Waals surface area contributed by atoms with E-state index in [0.717, 1.165) is 12.1 Å². The number of hydrogen-bond acceptors (Lipinski definition) is 2. The second kappa shape index (κ2) is 4.20. The van der Waals surface area contributed by atoms with Crippen LogP contribution in [0.5, 0.6) is 5.75 Å². The van der Waals surface area contributed by atoms with Crippen LogP contribution in [0.1, 0.15) is 5.56 Å². The van der Waals surface area contributed by atoms with Crippen molar-refractivity contribution in [3.63, 3.8) is 0 Å². The minimum Gasteiger partial charge on any atom is -0.432 e. The van der Waals surface area contributed by atoms with Gasteiger partial charge in [-0.3, -0.25) is 0 Å². The molecule has 0 aliphatic carbocycles. The van der Waals surface area contributed by atoms with Gasteiger partial charge in [0, 0.05) is 0 Å². The fourth-order valence-corrected chi connectivity index (χ4v) is 1.10. The smallest absolute Gasteiger partial charge is 0.387 e. The van der Waals surface area contributed by atoms with Crippen molar-refractivity contribution in [2.24, 2.45) is 0 Å². The first-order valence-electron chi connectivity index (χ1n) is 3.38. The summed E-state index contributed by atoms with van der Waals surface area (Å²) in [7, 11) is 0. The van der Waals surface area contributed by atoms with Crippen molar-refractivity contribution in [2.45, 2.75) is 6.61 Å². The molecule has 0 N–H and O–H groups in total. The van der Waals surface area contributed by atoms with Crippen LogP contribution in [0.4, 0.5) is 13.2 Å². The Balaban J connectivity index is 3.20. The predicted molar refractivity (Wildman–Crippen MR) is 42.8 cm³/mol. The molecule has 0 aliphatic rings. The summed E-state index contributed by atoms with van der Waals surface area (Å²) in [6.07, 6.45) is 0. The number of ether oxygens (including phenoxy) is 1. The highest BCUT2D eigenvalue weighted by Gasteiger charge is 2.15. The van der Waals surface area contributed by atoms with E-state index in [1.807, 2.05) is 0 Å². The third-order valence-corrected chi connectivity index (χ3v) is 1.62. The van der Waals surface area contributed by atoms with Gasteiger partial charge < -0.3 is 4.74 Å². The van der Waals surface area contributed by atoms with E-state index in [-0.39, 0.29) is 10.6 Å². The SMILES string of the molecule is N#Cc1cc(F)cc(Cl)c1OC(F)F. The minimum atomic E-state index is -3.11. The van der Waals surface area contributed by atoms with E-state index in [0.29, 0.717) is 0 Å². The van der Waals surface area contributed by atoms with Gasteiger partial charge in [-0.05, 0) is 12.1 Å². The van der Waals surface area contributed by atoms with Crippen LogP contribution in [0.3, 0.4) is 0 Å². The predicted octanol–water partition coefficient (Wildman–Crippen LogP) is 2.95. The molecule has 0 unspecified atom stereocenters. The minimum absolute atomic E-state index is 0.359. The quantitative estimate of drug-likeness (QED) is 0.769. The van der Waals surface area contributed by atoms with Crippen LogP contribution in [-0.2, 0) is 0 Å². The second-order valence-corrected chi connectivity index (χ2v) is 2.66. The number of nitrogens with zero attached hydrogens (tertiary/aromatic N) is 1. The lowest BCUT2D eigenvalue weighted by atomic mass is 10.2. The maximum Gasteiger partial charge on any atom is 0.387 e. The molecule has 0 saturated carbocycles. The van der Waals surface area contributed by atoms with Crippen LogP contribution in [0.25, 0.3) is 0 Å². The molecule has 0 bridgehead atoms. The first-order valence-corrected chi connectivity index (χ1v) is 3.76. The zero-order valence-electron chi connectivity index (χ0n) is 6.60. The molecular formula is C8H3ClF3NO. The number of nitriles is 1. The molecule has 1 rings (SSSR count). The Labute approximate surface area is 82.5 Å². The monoisotopic (exact) mass is 221 g/mol. The van der Waals surface area contributed by atoms with E-state index in [1.165, 1.54) is 6.07 Å². The lowest BCUT2D eigenvalue weighted by Crippen LogP contribution is -2.04. The van der Waals surface area contributed by atoms with Gasteiger partial charge in [-0.15, -0.1) is 0 Å². The molecule has 74 valence electrons. The summed E-state index contributed by atoms with van der Waals surface area (Å²) in [6, 6.07) is 3.06. The summed E-state index contributed by atoms with van der Waals surface area (Å²) in [6.45, 7) is -3.11. The number of alkyl halides is 2. The second-order valence-electron chi connectivity index (χ2n) is 2.25. The number of halogens is 4. The summed E-state index contributed by atoms with van der Waals surface area (Å²) < 4.78 is 40.3. The highest BCUT2D eigenvalue weighted by atomic mass is 35.5. The molecule has 0 saturated heterocycles. The average molecular weight is 222 g/mol. The molecule has 6 heteroatoms. The molecule has 2 nitrogen and oxygen atoms in total. The fraction of sp³-hybridized carbons (Fsp3) is 0.125. The lowest BCUT2D eigenvalue weighted by Gasteiger charge is -2.07. The molecule has 0 amide bonds. The number of hydrogen-bond donors (Lipinski definition) is 0. The molecule has 0 spiro atoms. The van der Waals surface area contributed by atoms with Crippen molar-refractivity contribution < 1.29 is 17.9 Å². The highest BCUT2D eigenvalue weighted by Crippen LogP contribution is 2.30. The van der Waals surface area contributed by atoms with Gasteiger partial charge in [0.1, 0.15) is 11.9 Å². The average Bonchev–Trinajstić information content (AvgIpc) is 2.08. The summed E-state index contributed by atoms with van der Waals surface area (Å²) in [5, 5.41) is 8.12. The van der Waals surface area contributed by atoms with Crippen LogP contribution >= 0.6 is 11.6 Å². The molecule has 0 heterocycles. The Morgan fingerprint density at radius 2 is 2.07 bits per heavy atom. The van der Waals surface area contributed by atoms with Crippen LogP contribution < -0.4 is 4.74 Å². The van der Waals surface area contributed by atoms with Crippen molar-refractivity contribution in [2.75, 3.05) is 0 Å². The van der Waals surface area contributed by atoms with Crippen LogP contribution in [0.2, 0.25) is 5.02 Å². The Hall–Kier alpha value is -1.41. The van der Waals surface area contributed by atoms with Crippen LogP contribution in [-0.4, -0.2) is 6.61 Å². The zero-order valence-corrected chi connectivity index (χ0v) is 7.36. The van der Waals surface area contributed by atoms with E-state index in [4.69, 9.17) is 16.9 Å². The van der Waals surface area contributed by atoms with E-state index >= 15 is 0 Å². The Morgan fingerprint density at radius 1 is 1.43 bits per heavy atom. The molecule has 1 aromatic carbocycles. The maximum atomic E-state index is 12.7. The van der Waals surface area contributed by atoms with Gasteiger partial charge in [-0.25, -0.2) is 4.39 Å². The normalized spacial score (nSPS) is 10.0. The molecule has 0 aliphatic heterocycles. The number of rotatable bonds is 2. The summed E-state index contributed by atoms with van der Waals surface area (Å²) in [5.74, 6) is -1.29. The van der Waals surface area contributed by atoms with Crippen molar-refractivity contribution in [3.05, 3.63) is 28.5 Å². The van der Waals surface area contributed by atoms with Crippen LogP contribution in [0, 0.1) is 17.1 Å². The van der Waals surface area contributed by atoms with Gasteiger partial charge in [0.25, 0.3) is 0 Å². The van der Waals surface area contributed by atoms with Gasteiger partial charge in [0.05, 0.1) is 10.6 Å². The zero-order chi connectivity index (χ0) is 10.7. The molecule has 0 radical (unpaired) electrons. The molecule has 1 aromatic rings. The topological polar surface area (TPSA) is 33.0 Å². The molecule has 0 aromatic heterocycles. The first kappa shape index (κ1) is 10.7. The highest BCUT2D eigenvalue weighted by molar-refractivity contribution is 6.32. The van der Waals surface area contributed by atoms with Crippen molar-refractivity contribution >= 4 is 11.6 Å². The maximum absolute atomic E-state index is 12.7. The first-order chi connectivity index (χ1) is 6.54. The van der Waals surface area contributed by atoms with E-state index in [1.54, 1.807) is 0 Å². The lowest BCUT2D eigenvalue weighted by molar-refractivity contribution is -0.0500. The van der Waals surface area contributed by atoms with E-state index in [2.05, 4.69) is 4.74 Å². The van der Waals surface area contributed by atoms with Gasteiger partial charge in [-0.2, -0.15) is 14.0 Å². The standard InChI is InChI=1S/C8H3ClF3NO/c9-6-2-5(10)1-4(3-13)7(6)14-8(11)12/h1-2,8H. The Morgan fingerprint density at radius 3 is 2.57 bits per heavy atom. The molecule has 0 fully saturated rings. The molecular weight excluding hydrogens is 219 g/mol. The van der Waals surface area contributed by atoms with Crippen molar-refractivity contribution in [1.82, 2.24) is 0 Å². The summed E-state index contributed by atoms with van der Waals surface area (Å²) >= 11 is 5.41. The third kappa shape index (κ3) is 2.30. The summed E-state index contributed by atoms with van der Waals surface area (Å²) in [5.41, 5.74) is -0.365. The fourth-order valence-electron chi connectivity index (χ4n) is 0.852.